The van der Waals surface area contributed by atoms with Crippen LogP contribution in [0.2, 0.25) is 0 Å². The lowest BCUT2D eigenvalue weighted by molar-refractivity contribution is -0.146. The second-order valence-corrected chi connectivity index (χ2v) is 6.47. The van der Waals surface area contributed by atoms with Gasteiger partial charge in [0.05, 0.1) is 5.41 Å². The first-order chi connectivity index (χ1) is 8.79. The number of rotatable bonds is 4. The van der Waals surface area contributed by atoms with Gasteiger partial charge in [-0.2, -0.15) is 0 Å². The molecule has 3 heteroatoms. The van der Waals surface area contributed by atoms with Gasteiger partial charge in [-0.1, -0.05) is 18.2 Å². The monoisotopic (exact) mass is 261 g/mol. The fraction of sp³-hybridized carbons (Fsp3) is 0.562. The van der Waals surface area contributed by atoms with E-state index >= 15 is 0 Å². The van der Waals surface area contributed by atoms with Crippen molar-refractivity contribution in [1.82, 2.24) is 4.90 Å². The Hall–Kier alpha value is -1.35. The Morgan fingerprint density at radius 2 is 1.95 bits per heavy atom. The van der Waals surface area contributed by atoms with Crippen molar-refractivity contribution >= 4 is 5.97 Å². The van der Waals surface area contributed by atoms with E-state index in [0.717, 1.165) is 18.7 Å². The highest BCUT2D eigenvalue weighted by Gasteiger charge is 2.28. The lowest BCUT2D eigenvalue weighted by Gasteiger charge is -2.19. The molecule has 1 aliphatic rings. The molecule has 0 radical (unpaired) electrons. The molecule has 0 amide bonds. The van der Waals surface area contributed by atoms with Crippen molar-refractivity contribution < 1.29 is 9.90 Å². The highest BCUT2D eigenvalue weighted by molar-refractivity contribution is 5.74. The Morgan fingerprint density at radius 1 is 1.32 bits per heavy atom. The van der Waals surface area contributed by atoms with Gasteiger partial charge >= 0.3 is 5.97 Å². The quantitative estimate of drug-likeness (QED) is 0.905. The van der Waals surface area contributed by atoms with Gasteiger partial charge in [0.2, 0.25) is 0 Å². The summed E-state index contributed by atoms with van der Waals surface area (Å²) < 4.78 is 0. The van der Waals surface area contributed by atoms with E-state index in [1.807, 2.05) is 0 Å². The molecule has 3 nitrogen and oxygen atoms in total. The molecule has 0 fully saturated rings. The zero-order valence-electron chi connectivity index (χ0n) is 12.2. The molecule has 0 saturated carbocycles. The van der Waals surface area contributed by atoms with Crippen LogP contribution in [0.15, 0.2) is 18.2 Å². The maximum atomic E-state index is 11.2. The third-order valence-corrected chi connectivity index (χ3v) is 3.97. The lowest BCUT2D eigenvalue weighted by Crippen LogP contribution is -2.26. The number of carboxylic acid groups (broad SMARTS) is 1. The number of aliphatic carboxylic acids is 1. The summed E-state index contributed by atoms with van der Waals surface area (Å²) in [6.07, 6.45) is 0.581. The number of benzene rings is 1. The topological polar surface area (TPSA) is 40.5 Å². The average Bonchev–Trinajstić information content (AvgIpc) is 2.71. The van der Waals surface area contributed by atoms with Crippen LogP contribution in [0.5, 0.6) is 0 Å². The van der Waals surface area contributed by atoms with E-state index in [2.05, 4.69) is 36.9 Å². The van der Waals surface area contributed by atoms with Crippen molar-refractivity contribution in [1.29, 1.82) is 0 Å². The molecule has 1 aromatic carbocycles. The van der Waals surface area contributed by atoms with E-state index in [-0.39, 0.29) is 0 Å². The van der Waals surface area contributed by atoms with Crippen LogP contribution in [0, 0.1) is 5.41 Å². The van der Waals surface area contributed by atoms with E-state index in [9.17, 15) is 9.90 Å². The van der Waals surface area contributed by atoms with Gasteiger partial charge < -0.3 is 5.11 Å². The van der Waals surface area contributed by atoms with Crippen LogP contribution >= 0.6 is 0 Å². The number of carboxylic acids is 1. The van der Waals surface area contributed by atoms with Crippen LogP contribution in [0.3, 0.4) is 0 Å². The van der Waals surface area contributed by atoms with Crippen molar-refractivity contribution in [2.75, 3.05) is 0 Å². The number of carbonyl (C=O) groups is 1. The third kappa shape index (κ3) is 2.98. The molecule has 104 valence electrons. The maximum Gasteiger partial charge on any atom is 0.309 e. The minimum atomic E-state index is -0.739. The summed E-state index contributed by atoms with van der Waals surface area (Å²) in [6.45, 7) is 9.97. The van der Waals surface area contributed by atoms with Gasteiger partial charge in [0, 0.05) is 19.1 Å². The van der Waals surface area contributed by atoms with Gasteiger partial charge in [-0.15, -0.1) is 0 Å². The second-order valence-electron chi connectivity index (χ2n) is 6.47. The molecule has 0 aromatic heterocycles. The molecule has 1 N–H and O–H groups in total. The summed E-state index contributed by atoms with van der Waals surface area (Å²) in [6, 6.07) is 6.96. The summed E-state index contributed by atoms with van der Waals surface area (Å²) in [7, 11) is 0. The van der Waals surface area contributed by atoms with Crippen molar-refractivity contribution in [3.63, 3.8) is 0 Å². The zero-order chi connectivity index (χ0) is 14.2. The number of hydrogen-bond acceptors (Lipinski definition) is 2. The summed E-state index contributed by atoms with van der Waals surface area (Å²) in [4.78, 5) is 13.6. The number of hydrogen-bond donors (Lipinski definition) is 1. The van der Waals surface area contributed by atoms with Crippen LogP contribution in [0.4, 0.5) is 0 Å². The van der Waals surface area contributed by atoms with E-state index < -0.39 is 11.4 Å². The van der Waals surface area contributed by atoms with E-state index in [0.29, 0.717) is 12.5 Å². The molecule has 0 unspecified atom stereocenters. The Kier molecular flexibility index (Phi) is 3.68. The van der Waals surface area contributed by atoms with Gasteiger partial charge in [-0.3, -0.25) is 9.69 Å². The van der Waals surface area contributed by atoms with Crippen molar-refractivity contribution in [2.45, 2.75) is 53.2 Å². The molecule has 1 aromatic rings. The normalized spacial score (nSPS) is 15.8. The summed E-state index contributed by atoms with van der Waals surface area (Å²) in [5.74, 6) is -0.739. The van der Waals surface area contributed by atoms with Gasteiger partial charge in [0.15, 0.2) is 0 Å². The third-order valence-electron chi connectivity index (χ3n) is 3.97. The standard InChI is InChI=1S/C16H23NO2/c1-11(2)17-9-13-6-5-12(7-14(13)10-17)8-16(3,4)15(18)19/h5-7,11H,8-10H2,1-4H3,(H,18,19). The fourth-order valence-corrected chi connectivity index (χ4v) is 2.54. The predicted molar refractivity (Wildman–Crippen MR) is 75.9 cm³/mol. The molecule has 1 heterocycles. The molecular formula is C16H23NO2. The fourth-order valence-electron chi connectivity index (χ4n) is 2.54. The molecule has 0 aliphatic carbocycles. The predicted octanol–water partition coefficient (Wildman–Crippen LogP) is 3.06. The Bertz CT molecular complexity index is 492. The summed E-state index contributed by atoms with van der Waals surface area (Å²) >= 11 is 0. The van der Waals surface area contributed by atoms with E-state index in [1.54, 1.807) is 13.8 Å². The Balaban J connectivity index is 2.16. The van der Waals surface area contributed by atoms with E-state index in [4.69, 9.17) is 0 Å². The summed E-state index contributed by atoms with van der Waals surface area (Å²) in [5, 5.41) is 9.20. The molecular weight excluding hydrogens is 238 g/mol. The molecule has 0 saturated heterocycles. The average molecular weight is 261 g/mol. The molecule has 1 aliphatic heterocycles. The SMILES string of the molecule is CC(C)N1Cc2ccc(CC(C)(C)C(=O)O)cc2C1. The lowest BCUT2D eigenvalue weighted by atomic mass is 9.85. The van der Waals surface area contributed by atoms with Crippen LogP contribution in [-0.2, 0) is 24.3 Å². The van der Waals surface area contributed by atoms with Gasteiger partial charge in [0.25, 0.3) is 0 Å². The maximum absolute atomic E-state index is 11.2. The summed E-state index contributed by atoms with van der Waals surface area (Å²) in [5.41, 5.74) is 3.15. The Labute approximate surface area is 115 Å². The van der Waals surface area contributed by atoms with Crippen molar-refractivity contribution in [2.24, 2.45) is 5.41 Å². The van der Waals surface area contributed by atoms with Crippen molar-refractivity contribution in [3.05, 3.63) is 34.9 Å². The van der Waals surface area contributed by atoms with Gasteiger partial charge in [-0.25, -0.2) is 0 Å². The highest BCUT2D eigenvalue weighted by atomic mass is 16.4. The smallest absolute Gasteiger partial charge is 0.309 e. The molecule has 0 bridgehead atoms. The zero-order valence-corrected chi connectivity index (χ0v) is 12.2. The van der Waals surface area contributed by atoms with Crippen LogP contribution in [0.25, 0.3) is 0 Å². The van der Waals surface area contributed by atoms with Crippen LogP contribution < -0.4 is 0 Å². The largest absolute Gasteiger partial charge is 0.481 e. The van der Waals surface area contributed by atoms with E-state index in [1.165, 1.54) is 11.1 Å². The molecule has 0 atom stereocenters. The van der Waals surface area contributed by atoms with Gasteiger partial charge in [-0.05, 0) is 50.8 Å². The minimum absolute atomic E-state index is 0.548. The first kappa shape index (κ1) is 14.1. The first-order valence-corrected chi connectivity index (χ1v) is 6.88. The molecule has 2 rings (SSSR count). The molecule has 0 spiro atoms. The second kappa shape index (κ2) is 4.97. The number of nitrogens with zero attached hydrogens (tertiary/aromatic N) is 1. The minimum Gasteiger partial charge on any atom is -0.481 e. The highest BCUT2D eigenvalue weighted by Crippen LogP contribution is 2.28. The molecule has 19 heavy (non-hydrogen) atoms. The van der Waals surface area contributed by atoms with Crippen LogP contribution in [0.1, 0.15) is 44.4 Å². The van der Waals surface area contributed by atoms with Crippen LogP contribution in [-0.4, -0.2) is 22.0 Å². The van der Waals surface area contributed by atoms with Gasteiger partial charge in [0.1, 0.15) is 0 Å². The number of fused-ring (bicyclic) bond motifs is 1. The van der Waals surface area contributed by atoms with Crippen molar-refractivity contribution in [3.8, 4) is 0 Å². The first-order valence-electron chi connectivity index (χ1n) is 6.88. The Morgan fingerprint density at radius 3 is 2.53 bits per heavy atom.